The summed E-state index contributed by atoms with van der Waals surface area (Å²) in [6.07, 6.45) is 0.681. The number of halogens is 1. The number of urea groups is 1. The average molecular weight is 285 g/mol. The zero-order valence-corrected chi connectivity index (χ0v) is 12.6. The Balaban J connectivity index is 2.43. The first-order valence-corrected chi connectivity index (χ1v) is 6.58. The maximum atomic E-state index is 11.6. The van der Waals surface area contributed by atoms with Crippen molar-refractivity contribution >= 4 is 17.6 Å². The minimum absolute atomic E-state index is 0.169. The molecule has 2 amide bonds. The van der Waals surface area contributed by atoms with E-state index in [0.717, 1.165) is 11.3 Å². The molecule has 0 heterocycles. The number of benzene rings is 1. The van der Waals surface area contributed by atoms with E-state index in [1.165, 1.54) is 0 Å². The summed E-state index contributed by atoms with van der Waals surface area (Å²) in [6, 6.07) is 5.37. The lowest BCUT2D eigenvalue weighted by molar-refractivity contribution is 0.232. The van der Waals surface area contributed by atoms with Gasteiger partial charge in [0.1, 0.15) is 5.75 Å². The lowest BCUT2D eigenvalue weighted by Crippen LogP contribution is -2.46. The van der Waals surface area contributed by atoms with Gasteiger partial charge in [-0.3, -0.25) is 0 Å². The first kappa shape index (κ1) is 15.6. The minimum Gasteiger partial charge on any atom is -0.497 e. The standard InChI is InChI=1S/C14H21ClN2O2/c1-14(2,3)17-13(18)16-8-7-10-5-6-11(19-4)9-12(10)15/h5-6,9H,7-8H2,1-4H3,(H2,16,17,18). The molecule has 0 saturated heterocycles. The first-order valence-electron chi connectivity index (χ1n) is 6.20. The fraction of sp³-hybridized carbons (Fsp3) is 0.500. The summed E-state index contributed by atoms with van der Waals surface area (Å²) in [5.74, 6) is 0.729. The Labute approximate surface area is 119 Å². The number of rotatable bonds is 4. The summed E-state index contributed by atoms with van der Waals surface area (Å²) >= 11 is 6.12. The maximum absolute atomic E-state index is 11.6. The van der Waals surface area contributed by atoms with Gasteiger partial charge in [0.15, 0.2) is 0 Å². The fourth-order valence-electron chi connectivity index (χ4n) is 1.55. The molecular weight excluding hydrogens is 264 g/mol. The van der Waals surface area contributed by atoms with E-state index in [9.17, 15) is 4.79 Å². The zero-order valence-electron chi connectivity index (χ0n) is 11.8. The van der Waals surface area contributed by atoms with Gasteiger partial charge in [-0.25, -0.2) is 4.79 Å². The molecule has 0 aliphatic carbocycles. The summed E-state index contributed by atoms with van der Waals surface area (Å²) < 4.78 is 5.08. The fourth-order valence-corrected chi connectivity index (χ4v) is 1.82. The second kappa shape index (κ2) is 6.66. The zero-order chi connectivity index (χ0) is 14.5. The van der Waals surface area contributed by atoms with Crippen molar-refractivity contribution in [1.82, 2.24) is 10.6 Å². The highest BCUT2D eigenvalue weighted by atomic mass is 35.5. The molecule has 0 radical (unpaired) electrons. The van der Waals surface area contributed by atoms with Gasteiger partial charge in [0, 0.05) is 17.1 Å². The molecular formula is C14H21ClN2O2. The van der Waals surface area contributed by atoms with E-state index in [1.807, 2.05) is 32.9 Å². The van der Waals surface area contributed by atoms with Gasteiger partial charge in [0.05, 0.1) is 7.11 Å². The van der Waals surface area contributed by atoms with Crippen LogP contribution in [0.1, 0.15) is 26.3 Å². The molecule has 0 aromatic heterocycles. The number of methoxy groups -OCH3 is 1. The van der Waals surface area contributed by atoms with Gasteiger partial charge in [-0.05, 0) is 44.9 Å². The van der Waals surface area contributed by atoms with E-state index < -0.39 is 0 Å². The Hall–Kier alpha value is -1.42. The molecule has 0 spiro atoms. The van der Waals surface area contributed by atoms with Crippen LogP contribution in [0.3, 0.4) is 0 Å². The molecule has 2 N–H and O–H groups in total. The third-order valence-corrected chi connectivity index (χ3v) is 2.78. The molecule has 1 rings (SSSR count). The van der Waals surface area contributed by atoms with Gasteiger partial charge in [-0.2, -0.15) is 0 Å². The van der Waals surface area contributed by atoms with Crippen molar-refractivity contribution in [3.63, 3.8) is 0 Å². The van der Waals surface area contributed by atoms with Crippen LogP contribution in [0.5, 0.6) is 5.75 Å². The quantitative estimate of drug-likeness (QED) is 0.893. The number of carbonyl (C=O) groups excluding carboxylic acids is 1. The highest BCUT2D eigenvalue weighted by Gasteiger charge is 2.12. The van der Waals surface area contributed by atoms with Crippen molar-refractivity contribution in [1.29, 1.82) is 0 Å². The van der Waals surface area contributed by atoms with Crippen molar-refractivity contribution in [2.45, 2.75) is 32.7 Å². The Bertz CT molecular complexity index is 442. The summed E-state index contributed by atoms with van der Waals surface area (Å²) in [5.41, 5.74) is 0.750. The summed E-state index contributed by atoms with van der Waals surface area (Å²) in [5, 5.41) is 6.29. The van der Waals surface area contributed by atoms with Crippen molar-refractivity contribution in [3.8, 4) is 5.75 Å². The van der Waals surface area contributed by atoms with Crippen LogP contribution in [0.15, 0.2) is 18.2 Å². The third kappa shape index (κ3) is 5.83. The lowest BCUT2D eigenvalue weighted by atomic mass is 10.1. The second-order valence-corrected chi connectivity index (χ2v) is 5.75. The Morgan fingerprint density at radius 2 is 2.05 bits per heavy atom. The first-order chi connectivity index (χ1) is 8.81. The van der Waals surface area contributed by atoms with Crippen molar-refractivity contribution in [2.75, 3.05) is 13.7 Å². The highest BCUT2D eigenvalue weighted by Crippen LogP contribution is 2.22. The number of hydrogen-bond donors (Lipinski definition) is 2. The van der Waals surface area contributed by atoms with Crippen LogP contribution in [0.4, 0.5) is 4.79 Å². The van der Waals surface area contributed by atoms with Gasteiger partial charge in [0.2, 0.25) is 0 Å². The van der Waals surface area contributed by atoms with E-state index >= 15 is 0 Å². The SMILES string of the molecule is COc1ccc(CCNC(=O)NC(C)(C)C)c(Cl)c1. The third-order valence-electron chi connectivity index (χ3n) is 2.43. The molecule has 0 fully saturated rings. The molecule has 0 aliphatic heterocycles. The normalized spacial score (nSPS) is 11.0. The molecule has 1 aromatic rings. The van der Waals surface area contributed by atoms with Gasteiger partial charge >= 0.3 is 6.03 Å². The van der Waals surface area contributed by atoms with Crippen molar-refractivity contribution in [2.24, 2.45) is 0 Å². The van der Waals surface area contributed by atoms with Gasteiger partial charge < -0.3 is 15.4 Å². The van der Waals surface area contributed by atoms with Gasteiger partial charge in [0.25, 0.3) is 0 Å². The van der Waals surface area contributed by atoms with Crippen molar-refractivity contribution in [3.05, 3.63) is 28.8 Å². The molecule has 0 atom stereocenters. The monoisotopic (exact) mass is 284 g/mol. The molecule has 19 heavy (non-hydrogen) atoms. The summed E-state index contributed by atoms with van der Waals surface area (Å²) in [7, 11) is 1.60. The topological polar surface area (TPSA) is 50.4 Å². The Kier molecular flexibility index (Phi) is 5.48. The Morgan fingerprint density at radius 1 is 1.37 bits per heavy atom. The largest absolute Gasteiger partial charge is 0.497 e. The van der Waals surface area contributed by atoms with E-state index in [0.29, 0.717) is 18.0 Å². The van der Waals surface area contributed by atoms with Crippen LogP contribution >= 0.6 is 11.6 Å². The molecule has 5 heteroatoms. The number of ether oxygens (including phenoxy) is 1. The summed E-state index contributed by atoms with van der Waals surface area (Å²) in [6.45, 7) is 6.35. The molecule has 0 unspecified atom stereocenters. The van der Waals surface area contributed by atoms with Crippen LogP contribution in [-0.4, -0.2) is 25.2 Å². The lowest BCUT2D eigenvalue weighted by Gasteiger charge is -2.20. The Morgan fingerprint density at radius 3 is 2.58 bits per heavy atom. The van der Waals surface area contributed by atoms with Crippen LogP contribution in [0.2, 0.25) is 5.02 Å². The molecule has 4 nitrogen and oxygen atoms in total. The molecule has 106 valence electrons. The predicted octanol–water partition coefficient (Wildman–Crippen LogP) is 2.99. The smallest absolute Gasteiger partial charge is 0.315 e. The average Bonchev–Trinajstić information content (AvgIpc) is 2.28. The molecule has 0 saturated carbocycles. The van der Waals surface area contributed by atoms with E-state index in [1.54, 1.807) is 13.2 Å². The molecule has 0 aliphatic rings. The van der Waals surface area contributed by atoms with E-state index in [-0.39, 0.29) is 11.6 Å². The van der Waals surface area contributed by atoms with E-state index in [2.05, 4.69) is 10.6 Å². The number of carbonyl (C=O) groups is 1. The number of amides is 2. The van der Waals surface area contributed by atoms with Gasteiger partial charge in [-0.15, -0.1) is 0 Å². The van der Waals surface area contributed by atoms with E-state index in [4.69, 9.17) is 16.3 Å². The second-order valence-electron chi connectivity index (χ2n) is 5.34. The molecule has 1 aromatic carbocycles. The minimum atomic E-state index is -0.234. The highest BCUT2D eigenvalue weighted by molar-refractivity contribution is 6.31. The predicted molar refractivity (Wildman–Crippen MR) is 78.0 cm³/mol. The van der Waals surface area contributed by atoms with Gasteiger partial charge in [-0.1, -0.05) is 17.7 Å². The van der Waals surface area contributed by atoms with Crippen LogP contribution in [0, 0.1) is 0 Å². The van der Waals surface area contributed by atoms with Crippen LogP contribution in [0.25, 0.3) is 0 Å². The maximum Gasteiger partial charge on any atom is 0.315 e. The summed E-state index contributed by atoms with van der Waals surface area (Å²) in [4.78, 5) is 11.6. The molecule has 0 bridgehead atoms. The number of hydrogen-bond acceptors (Lipinski definition) is 2. The van der Waals surface area contributed by atoms with Crippen molar-refractivity contribution < 1.29 is 9.53 Å². The van der Waals surface area contributed by atoms with Crippen LogP contribution < -0.4 is 15.4 Å². The van der Waals surface area contributed by atoms with Crippen LogP contribution in [-0.2, 0) is 6.42 Å². The number of nitrogens with one attached hydrogen (secondary N) is 2.